The fraction of sp³-hybridized carbons (Fsp3) is 0. The lowest BCUT2D eigenvalue weighted by atomic mass is 9.33. The van der Waals surface area contributed by atoms with Gasteiger partial charge in [0, 0.05) is 56.7 Å². The second kappa shape index (κ2) is 6.04. The molecule has 0 radical (unpaired) electrons. The van der Waals surface area contributed by atoms with Crippen LogP contribution in [0.3, 0.4) is 0 Å². The van der Waals surface area contributed by atoms with Crippen LogP contribution in [0, 0.1) is 0 Å². The van der Waals surface area contributed by atoms with Crippen molar-refractivity contribution in [1.82, 2.24) is 0 Å². The minimum atomic E-state index is 0.00794. The third-order valence-corrected chi connectivity index (χ3v) is 10.0. The Kier molecular flexibility index (Phi) is 3.07. The van der Waals surface area contributed by atoms with Crippen molar-refractivity contribution in [3.8, 4) is 34.5 Å². The number of ether oxygens (including phenoxy) is 3. The van der Waals surface area contributed by atoms with Gasteiger partial charge < -0.3 is 14.2 Å². The summed E-state index contributed by atoms with van der Waals surface area (Å²) in [4.78, 5) is 0. The molecule has 6 heteroatoms. The van der Waals surface area contributed by atoms with Crippen LogP contribution < -0.4 is 30.6 Å². The van der Waals surface area contributed by atoms with Gasteiger partial charge in [-0.3, -0.25) is 0 Å². The SMILES string of the molecule is c1cc2c3c(c1)Oc1cc4sc5ccccc5c4c4c1B3c1c(cc3sc5ccccc5c3c1O4)O2. The normalized spacial score (nSPS) is 14.2. The molecule has 0 amide bonds. The van der Waals surface area contributed by atoms with Gasteiger partial charge in [0.15, 0.2) is 0 Å². The van der Waals surface area contributed by atoms with E-state index in [0.717, 1.165) is 50.9 Å². The van der Waals surface area contributed by atoms with E-state index >= 15 is 0 Å². The van der Waals surface area contributed by atoms with Crippen molar-refractivity contribution in [2.75, 3.05) is 0 Å². The van der Waals surface area contributed by atoms with Gasteiger partial charge in [-0.25, -0.2) is 0 Å². The first kappa shape index (κ1) is 18.3. The minimum absolute atomic E-state index is 0.00794. The highest BCUT2D eigenvalue weighted by molar-refractivity contribution is 7.26. The number of rotatable bonds is 0. The van der Waals surface area contributed by atoms with E-state index in [9.17, 15) is 0 Å². The van der Waals surface area contributed by atoms with E-state index < -0.39 is 0 Å². The van der Waals surface area contributed by atoms with Gasteiger partial charge in [0.25, 0.3) is 6.71 Å². The predicted octanol–water partition coefficient (Wildman–Crippen LogP) is 7.26. The summed E-state index contributed by atoms with van der Waals surface area (Å²) in [7, 11) is 0. The Balaban J connectivity index is 1.44. The predicted molar refractivity (Wildman–Crippen MR) is 150 cm³/mol. The first-order valence-electron chi connectivity index (χ1n) is 12.0. The third kappa shape index (κ3) is 2.01. The molecule has 0 unspecified atom stereocenters. The first-order chi connectivity index (χ1) is 17.8. The number of thiophene rings is 2. The fourth-order valence-electron chi connectivity index (χ4n) is 6.37. The van der Waals surface area contributed by atoms with Crippen molar-refractivity contribution in [2.24, 2.45) is 0 Å². The Morgan fingerprint density at radius 2 is 1.00 bits per heavy atom. The molecular formula is C30H13BO3S2. The number of hydrogen-bond donors (Lipinski definition) is 0. The molecule has 166 valence electrons. The number of fused-ring (bicyclic) bond motifs is 8. The van der Waals surface area contributed by atoms with Crippen molar-refractivity contribution in [2.45, 2.75) is 0 Å². The zero-order valence-corrected chi connectivity index (χ0v) is 20.3. The molecule has 3 nitrogen and oxygen atoms in total. The van der Waals surface area contributed by atoms with Crippen LogP contribution in [-0.4, -0.2) is 6.71 Å². The van der Waals surface area contributed by atoms with E-state index in [0.29, 0.717) is 0 Å². The number of benzene rings is 5. The Morgan fingerprint density at radius 1 is 0.472 bits per heavy atom. The molecule has 2 aromatic heterocycles. The summed E-state index contributed by atoms with van der Waals surface area (Å²) in [6, 6.07) is 27.7. The Hall–Kier alpha value is -4.00. The fourth-order valence-corrected chi connectivity index (χ4v) is 8.64. The Morgan fingerprint density at radius 3 is 1.56 bits per heavy atom. The molecule has 3 aliphatic rings. The molecule has 0 spiro atoms. The van der Waals surface area contributed by atoms with Crippen LogP contribution >= 0.6 is 22.7 Å². The van der Waals surface area contributed by atoms with Crippen LogP contribution in [0.25, 0.3) is 40.3 Å². The van der Waals surface area contributed by atoms with E-state index in [1.807, 2.05) is 6.07 Å². The molecular weight excluding hydrogens is 483 g/mol. The summed E-state index contributed by atoms with van der Waals surface area (Å²) < 4.78 is 25.0. The largest absolute Gasteiger partial charge is 0.458 e. The summed E-state index contributed by atoms with van der Waals surface area (Å²) in [6.45, 7) is 0.00794. The van der Waals surface area contributed by atoms with Crippen LogP contribution in [0.2, 0.25) is 0 Å². The van der Waals surface area contributed by atoms with Gasteiger partial charge in [-0.2, -0.15) is 0 Å². The highest BCUT2D eigenvalue weighted by Crippen LogP contribution is 2.51. The van der Waals surface area contributed by atoms with Crippen molar-refractivity contribution < 1.29 is 14.2 Å². The minimum Gasteiger partial charge on any atom is -0.458 e. The summed E-state index contributed by atoms with van der Waals surface area (Å²) in [6.07, 6.45) is 0. The summed E-state index contributed by atoms with van der Waals surface area (Å²) >= 11 is 3.58. The topological polar surface area (TPSA) is 27.7 Å². The molecule has 36 heavy (non-hydrogen) atoms. The molecule has 10 rings (SSSR count). The Bertz CT molecular complexity index is 2010. The monoisotopic (exact) mass is 496 g/mol. The van der Waals surface area contributed by atoms with Crippen molar-refractivity contribution in [1.29, 1.82) is 0 Å². The maximum atomic E-state index is 7.06. The van der Waals surface area contributed by atoms with E-state index in [-0.39, 0.29) is 6.71 Å². The molecule has 0 fully saturated rings. The number of hydrogen-bond acceptors (Lipinski definition) is 5. The zero-order valence-electron chi connectivity index (χ0n) is 18.6. The summed E-state index contributed by atoms with van der Waals surface area (Å²) in [5.41, 5.74) is 3.32. The van der Waals surface area contributed by atoms with E-state index in [2.05, 4.69) is 72.8 Å². The average Bonchev–Trinajstić information content (AvgIpc) is 3.46. The van der Waals surface area contributed by atoms with Crippen LogP contribution in [0.1, 0.15) is 0 Å². The first-order valence-corrected chi connectivity index (χ1v) is 13.6. The lowest BCUT2D eigenvalue weighted by Crippen LogP contribution is -2.59. The van der Waals surface area contributed by atoms with Crippen LogP contribution in [0.5, 0.6) is 34.5 Å². The van der Waals surface area contributed by atoms with Crippen molar-refractivity contribution in [3.05, 3.63) is 78.9 Å². The molecule has 5 heterocycles. The van der Waals surface area contributed by atoms with Crippen LogP contribution in [0.15, 0.2) is 78.9 Å². The van der Waals surface area contributed by atoms with E-state index in [4.69, 9.17) is 14.2 Å². The van der Waals surface area contributed by atoms with Crippen molar-refractivity contribution in [3.63, 3.8) is 0 Å². The van der Waals surface area contributed by atoms with Crippen molar-refractivity contribution >= 4 is 86.1 Å². The highest BCUT2D eigenvalue weighted by Gasteiger charge is 2.48. The van der Waals surface area contributed by atoms with Crippen LogP contribution in [-0.2, 0) is 0 Å². The molecule has 5 aromatic carbocycles. The van der Waals surface area contributed by atoms with Gasteiger partial charge >= 0.3 is 0 Å². The second-order valence-electron chi connectivity index (χ2n) is 9.58. The molecule has 0 N–H and O–H groups in total. The third-order valence-electron chi connectivity index (χ3n) is 7.78. The second-order valence-corrected chi connectivity index (χ2v) is 11.8. The lowest BCUT2D eigenvalue weighted by Gasteiger charge is -2.37. The maximum absolute atomic E-state index is 7.06. The van der Waals surface area contributed by atoms with Gasteiger partial charge in [-0.05, 0) is 36.4 Å². The maximum Gasteiger partial charge on any atom is 0.270 e. The molecule has 3 aliphatic heterocycles. The Labute approximate surface area is 213 Å². The molecule has 0 saturated carbocycles. The molecule has 0 atom stereocenters. The quantitative estimate of drug-likeness (QED) is 0.207. The molecule has 7 aromatic rings. The molecule has 0 aliphatic carbocycles. The molecule has 0 saturated heterocycles. The molecule has 0 bridgehead atoms. The van der Waals surface area contributed by atoms with Gasteiger partial charge in [-0.1, -0.05) is 42.5 Å². The summed E-state index contributed by atoms with van der Waals surface area (Å²) in [5.74, 6) is 5.34. The highest BCUT2D eigenvalue weighted by atomic mass is 32.1. The van der Waals surface area contributed by atoms with Gasteiger partial charge in [0.05, 0.1) is 0 Å². The van der Waals surface area contributed by atoms with Gasteiger partial charge in [0.1, 0.15) is 34.5 Å². The standard InChI is InChI=1S/C30H13BO3S2/c1-3-10-20-14(6-1)24-22(35-20)12-18-27-29(24)34-30-25-15-7-2-4-11-21(15)36-23(25)13-19-28(30)31(27)26-16(32-18)8-5-9-17(26)33-19/h1-13H. The zero-order chi connectivity index (χ0) is 23.1. The van der Waals surface area contributed by atoms with E-state index in [1.54, 1.807) is 22.7 Å². The average molecular weight is 496 g/mol. The van der Waals surface area contributed by atoms with Gasteiger partial charge in [-0.15, -0.1) is 22.7 Å². The lowest BCUT2D eigenvalue weighted by molar-refractivity contribution is 0.448. The van der Waals surface area contributed by atoms with Crippen LogP contribution in [0.4, 0.5) is 0 Å². The van der Waals surface area contributed by atoms with Gasteiger partial charge in [0.2, 0.25) is 0 Å². The van der Waals surface area contributed by atoms with E-state index in [1.165, 1.54) is 40.3 Å². The summed E-state index contributed by atoms with van der Waals surface area (Å²) in [5, 5.41) is 4.81. The smallest absolute Gasteiger partial charge is 0.270 e.